The second kappa shape index (κ2) is 5.24. The van der Waals surface area contributed by atoms with Crippen molar-refractivity contribution in [3.63, 3.8) is 0 Å². The van der Waals surface area contributed by atoms with Gasteiger partial charge in [0.1, 0.15) is 12.4 Å². The number of amides is 1. The summed E-state index contributed by atoms with van der Waals surface area (Å²) in [4.78, 5) is 10.3. The van der Waals surface area contributed by atoms with Crippen LogP contribution in [-0.4, -0.2) is 19.1 Å². The molecule has 16 heavy (non-hydrogen) atoms. The zero-order chi connectivity index (χ0) is 12.1. The van der Waals surface area contributed by atoms with Gasteiger partial charge >= 0.3 is 6.09 Å². The van der Waals surface area contributed by atoms with E-state index in [0.29, 0.717) is 0 Å². The van der Waals surface area contributed by atoms with Crippen LogP contribution < -0.4 is 15.2 Å². The smallest absolute Gasteiger partial charge is 0.409 e. The highest BCUT2D eigenvalue weighted by Crippen LogP contribution is 2.22. The van der Waals surface area contributed by atoms with Crippen molar-refractivity contribution < 1.29 is 27.4 Å². The zero-order valence-electron chi connectivity index (χ0n) is 7.95. The number of nitrogens with two attached hydrogens (primary N) is 1. The van der Waals surface area contributed by atoms with E-state index in [1.54, 1.807) is 0 Å². The van der Waals surface area contributed by atoms with Crippen molar-refractivity contribution >= 4 is 6.09 Å². The lowest BCUT2D eigenvalue weighted by atomic mass is 10.3. The Morgan fingerprint density at radius 3 is 2.62 bits per heavy atom. The molecule has 1 rings (SSSR count). The number of hydrogen-bond acceptors (Lipinski definition) is 3. The molecule has 7 heteroatoms. The lowest BCUT2D eigenvalue weighted by molar-refractivity contribution is 0.0799. The summed E-state index contributed by atoms with van der Waals surface area (Å²) in [6.45, 7) is -0.910. The van der Waals surface area contributed by atoms with E-state index in [9.17, 15) is 18.0 Å². The molecule has 0 atom stereocenters. The first kappa shape index (κ1) is 12.2. The molecule has 1 aromatic carbocycles. The first-order valence-electron chi connectivity index (χ1n) is 4.17. The normalized spacial score (nSPS) is 10.2. The molecule has 0 heterocycles. The van der Waals surface area contributed by atoms with Crippen LogP contribution in [0.25, 0.3) is 0 Å². The van der Waals surface area contributed by atoms with Crippen LogP contribution in [-0.2, 0) is 0 Å². The summed E-state index contributed by atoms with van der Waals surface area (Å²) in [7, 11) is 0. The highest BCUT2D eigenvalue weighted by Gasteiger charge is 2.09. The van der Waals surface area contributed by atoms with Crippen molar-refractivity contribution in [2.75, 3.05) is 6.61 Å². The van der Waals surface area contributed by atoms with E-state index >= 15 is 0 Å². The van der Waals surface area contributed by atoms with Crippen molar-refractivity contribution in [3.8, 4) is 11.5 Å². The summed E-state index contributed by atoms with van der Waals surface area (Å²) in [5, 5.41) is 0. The van der Waals surface area contributed by atoms with Gasteiger partial charge in [-0.1, -0.05) is 0 Å². The minimum Gasteiger partial charge on any atom is -0.485 e. The van der Waals surface area contributed by atoms with Crippen molar-refractivity contribution in [3.05, 3.63) is 24.0 Å². The number of alkyl halides is 2. The van der Waals surface area contributed by atoms with Crippen LogP contribution in [0.3, 0.4) is 0 Å². The van der Waals surface area contributed by atoms with Gasteiger partial charge in [0, 0.05) is 6.07 Å². The number of hydrogen-bond donors (Lipinski definition) is 1. The molecule has 1 amide bonds. The molecule has 0 aliphatic rings. The molecule has 0 fully saturated rings. The van der Waals surface area contributed by atoms with Crippen LogP contribution in [0.15, 0.2) is 18.2 Å². The Balaban J connectivity index is 2.71. The van der Waals surface area contributed by atoms with Crippen molar-refractivity contribution in [2.45, 2.75) is 6.43 Å². The summed E-state index contributed by atoms with van der Waals surface area (Å²) in [5.41, 5.74) is 4.70. The Morgan fingerprint density at radius 1 is 1.44 bits per heavy atom. The van der Waals surface area contributed by atoms with E-state index in [0.717, 1.165) is 12.1 Å². The minimum absolute atomic E-state index is 0.130. The van der Waals surface area contributed by atoms with Crippen molar-refractivity contribution in [1.82, 2.24) is 0 Å². The predicted octanol–water partition coefficient (Wildman–Crippen LogP) is 1.93. The molecule has 88 valence electrons. The zero-order valence-corrected chi connectivity index (χ0v) is 7.95. The fraction of sp³-hybridized carbons (Fsp3) is 0.222. The Hall–Kier alpha value is -1.92. The maximum atomic E-state index is 13.1. The molecule has 0 unspecified atom stereocenters. The molecule has 1 aromatic rings. The van der Waals surface area contributed by atoms with Crippen LogP contribution >= 0.6 is 0 Å². The molecule has 0 aliphatic carbocycles. The summed E-state index contributed by atoms with van der Waals surface area (Å²) in [6, 6.07) is 3.05. The topological polar surface area (TPSA) is 61.6 Å². The molecule has 2 N–H and O–H groups in total. The first-order chi connectivity index (χ1) is 7.49. The number of carbonyl (C=O) groups is 1. The highest BCUT2D eigenvalue weighted by atomic mass is 19.3. The summed E-state index contributed by atoms with van der Waals surface area (Å²) >= 11 is 0. The van der Waals surface area contributed by atoms with Crippen molar-refractivity contribution in [2.24, 2.45) is 5.73 Å². The third-order valence-electron chi connectivity index (χ3n) is 1.49. The second-order valence-corrected chi connectivity index (χ2v) is 2.72. The Morgan fingerprint density at radius 2 is 2.12 bits per heavy atom. The minimum atomic E-state index is -2.69. The number of rotatable bonds is 4. The van der Waals surface area contributed by atoms with Gasteiger partial charge in [0.2, 0.25) is 0 Å². The largest absolute Gasteiger partial charge is 0.485 e. The van der Waals surface area contributed by atoms with Crippen LogP contribution in [0.1, 0.15) is 0 Å². The second-order valence-electron chi connectivity index (χ2n) is 2.72. The van der Waals surface area contributed by atoms with Gasteiger partial charge in [-0.3, -0.25) is 0 Å². The number of benzene rings is 1. The van der Waals surface area contributed by atoms with Gasteiger partial charge in [-0.05, 0) is 12.1 Å². The van der Waals surface area contributed by atoms with Gasteiger partial charge in [-0.15, -0.1) is 0 Å². The van der Waals surface area contributed by atoms with E-state index in [2.05, 4.69) is 9.47 Å². The van der Waals surface area contributed by atoms with Crippen LogP contribution in [0.4, 0.5) is 18.0 Å². The molecule has 4 nitrogen and oxygen atoms in total. The van der Waals surface area contributed by atoms with Gasteiger partial charge in [0.25, 0.3) is 6.43 Å². The van der Waals surface area contributed by atoms with Crippen LogP contribution in [0.2, 0.25) is 0 Å². The van der Waals surface area contributed by atoms with Gasteiger partial charge < -0.3 is 15.2 Å². The van der Waals surface area contributed by atoms with E-state index in [1.165, 1.54) is 6.07 Å². The van der Waals surface area contributed by atoms with E-state index in [-0.39, 0.29) is 11.5 Å². The maximum Gasteiger partial charge on any atom is 0.409 e. The van der Waals surface area contributed by atoms with E-state index in [4.69, 9.17) is 5.73 Å². The number of halogens is 3. The van der Waals surface area contributed by atoms with E-state index in [1.807, 2.05) is 0 Å². The lowest BCUT2D eigenvalue weighted by Gasteiger charge is -2.07. The van der Waals surface area contributed by atoms with Crippen molar-refractivity contribution in [1.29, 1.82) is 0 Å². The quantitative estimate of drug-likeness (QED) is 0.867. The number of carbonyl (C=O) groups excluding carboxylic acids is 1. The third kappa shape index (κ3) is 3.68. The Kier molecular flexibility index (Phi) is 3.98. The van der Waals surface area contributed by atoms with Gasteiger partial charge in [0.15, 0.2) is 11.6 Å². The van der Waals surface area contributed by atoms with Gasteiger partial charge in [-0.25, -0.2) is 18.0 Å². The average Bonchev–Trinajstić information content (AvgIpc) is 2.15. The summed E-state index contributed by atoms with van der Waals surface area (Å²) < 4.78 is 45.5. The van der Waals surface area contributed by atoms with Gasteiger partial charge in [-0.2, -0.15) is 0 Å². The van der Waals surface area contributed by atoms with Crippen LogP contribution in [0, 0.1) is 5.82 Å². The van der Waals surface area contributed by atoms with E-state index < -0.39 is 24.9 Å². The third-order valence-corrected chi connectivity index (χ3v) is 1.49. The number of primary amides is 1. The maximum absolute atomic E-state index is 13.1. The van der Waals surface area contributed by atoms with Gasteiger partial charge in [0.05, 0.1) is 0 Å². The highest BCUT2D eigenvalue weighted by molar-refractivity contribution is 5.68. The molecule has 0 bridgehead atoms. The summed E-state index contributed by atoms with van der Waals surface area (Å²) in [6.07, 6.45) is -3.79. The Labute approximate surface area is 88.8 Å². The molecule has 0 spiro atoms. The molecular formula is C9H8F3NO3. The monoisotopic (exact) mass is 235 g/mol. The summed E-state index contributed by atoms with van der Waals surface area (Å²) in [5.74, 6) is -1.40. The first-order valence-corrected chi connectivity index (χ1v) is 4.17. The lowest BCUT2D eigenvalue weighted by Crippen LogP contribution is -2.16. The molecule has 0 saturated carbocycles. The molecular weight excluding hydrogens is 227 g/mol. The molecule has 0 aromatic heterocycles. The SMILES string of the molecule is NC(=O)Oc1ccc(OCC(F)F)c(F)c1. The molecule has 0 aliphatic heterocycles. The fourth-order valence-corrected chi connectivity index (χ4v) is 0.931. The predicted molar refractivity (Wildman–Crippen MR) is 48.1 cm³/mol. The number of ether oxygens (including phenoxy) is 2. The fourth-order valence-electron chi connectivity index (χ4n) is 0.931. The average molecular weight is 235 g/mol. The molecule has 0 saturated heterocycles. The standard InChI is InChI=1S/C9H8F3NO3/c10-6-3-5(16-9(13)14)1-2-7(6)15-4-8(11)12/h1-3,8H,4H2,(H2,13,14). The molecule has 0 radical (unpaired) electrons. The Bertz CT molecular complexity index is 384. The van der Waals surface area contributed by atoms with Crippen LogP contribution in [0.5, 0.6) is 11.5 Å².